The first-order valence-corrected chi connectivity index (χ1v) is 11.5. The molecule has 0 spiro atoms. The fourth-order valence-electron chi connectivity index (χ4n) is 4.10. The van der Waals surface area contributed by atoms with Crippen LogP contribution in [-0.4, -0.2) is 56.1 Å². The number of rotatable bonds is 11. The highest BCUT2D eigenvalue weighted by atomic mass is 16.5. The molecule has 182 valence electrons. The number of esters is 1. The van der Waals surface area contributed by atoms with E-state index in [1.165, 1.54) is 18.1 Å². The third-order valence-corrected chi connectivity index (χ3v) is 5.94. The minimum atomic E-state index is -0.726. The number of carbonyl (C=O) groups is 1. The van der Waals surface area contributed by atoms with Gasteiger partial charge >= 0.3 is 5.97 Å². The van der Waals surface area contributed by atoms with E-state index >= 15 is 0 Å². The van der Waals surface area contributed by atoms with Crippen LogP contribution in [0.1, 0.15) is 27.4 Å². The first kappa shape index (κ1) is 24.3. The zero-order valence-electron chi connectivity index (χ0n) is 19.9. The molecule has 0 saturated heterocycles. The Labute approximate surface area is 204 Å². The van der Waals surface area contributed by atoms with Crippen LogP contribution >= 0.6 is 0 Å². The maximum Gasteiger partial charge on any atom is 0.337 e. The molecular formula is C28H30N2O5. The Balaban J connectivity index is 1.40. The van der Waals surface area contributed by atoms with E-state index in [1.807, 2.05) is 24.3 Å². The topological polar surface area (TPSA) is 92.8 Å². The molecule has 2 atom stereocenters. The van der Waals surface area contributed by atoms with Crippen LogP contribution in [0.5, 0.6) is 11.5 Å². The van der Waals surface area contributed by atoms with Crippen molar-refractivity contribution in [2.24, 2.45) is 0 Å². The molecule has 0 aliphatic rings. The highest BCUT2D eigenvalue weighted by Gasteiger charge is 2.19. The number of carbonyl (C=O) groups excluding carboxylic acids is 1. The van der Waals surface area contributed by atoms with Gasteiger partial charge in [-0.3, -0.25) is 0 Å². The first-order valence-electron chi connectivity index (χ1n) is 11.5. The molecule has 7 heteroatoms. The second-order valence-electron chi connectivity index (χ2n) is 8.26. The number of aliphatic hydroxyl groups excluding tert-OH is 1. The zero-order chi connectivity index (χ0) is 24.6. The highest BCUT2D eigenvalue weighted by molar-refractivity contribution is 5.89. The normalized spacial score (nSPS) is 12.8. The first-order chi connectivity index (χ1) is 17.1. The molecule has 4 aromatic rings. The van der Waals surface area contributed by atoms with Gasteiger partial charge in [-0.2, -0.15) is 0 Å². The molecule has 0 aliphatic carbocycles. The third-order valence-electron chi connectivity index (χ3n) is 5.94. The number of aromatic nitrogens is 1. The number of nitrogens with one attached hydrogen (secondary N) is 2. The summed E-state index contributed by atoms with van der Waals surface area (Å²) in [6, 6.07) is 23.0. The van der Waals surface area contributed by atoms with E-state index < -0.39 is 12.1 Å². The Kier molecular flexibility index (Phi) is 8.03. The van der Waals surface area contributed by atoms with Gasteiger partial charge in [0.2, 0.25) is 0 Å². The van der Waals surface area contributed by atoms with Crippen LogP contribution in [0.2, 0.25) is 0 Å². The lowest BCUT2D eigenvalue weighted by Crippen LogP contribution is -2.34. The molecule has 0 radical (unpaired) electrons. The summed E-state index contributed by atoms with van der Waals surface area (Å²) in [5.74, 6) is 0.950. The zero-order valence-corrected chi connectivity index (χ0v) is 19.9. The summed E-state index contributed by atoms with van der Waals surface area (Å²) in [7, 11) is 2.99. The van der Waals surface area contributed by atoms with Crippen LogP contribution in [0.3, 0.4) is 0 Å². The van der Waals surface area contributed by atoms with Gasteiger partial charge in [-0.05, 0) is 47.5 Å². The van der Waals surface area contributed by atoms with Crippen LogP contribution in [0, 0.1) is 0 Å². The summed E-state index contributed by atoms with van der Waals surface area (Å²) in [4.78, 5) is 15.1. The molecule has 0 bridgehead atoms. The number of ether oxygens (including phenoxy) is 3. The molecule has 7 nitrogen and oxygen atoms in total. The summed E-state index contributed by atoms with van der Waals surface area (Å²) in [6.07, 6.45) is 1.32. The lowest BCUT2D eigenvalue weighted by molar-refractivity contribution is 0.0600. The van der Waals surface area contributed by atoms with Crippen molar-refractivity contribution in [3.63, 3.8) is 0 Å². The number of methoxy groups -OCH3 is 2. The number of benzene rings is 3. The molecule has 0 amide bonds. The van der Waals surface area contributed by atoms with Gasteiger partial charge in [0.1, 0.15) is 24.2 Å². The van der Waals surface area contributed by atoms with Crippen LogP contribution in [0.15, 0.2) is 79.0 Å². The van der Waals surface area contributed by atoms with Crippen molar-refractivity contribution in [2.75, 3.05) is 33.9 Å². The van der Waals surface area contributed by atoms with Gasteiger partial charge in [0.05, 0.1) is 19.8 Å². The van der Waals surface area contributed by atoms with Gasteiger partial charge in [-0.1, -0.05) is 36.4 Å². The van der Waals surface area contributed by atoms with Crippen molar-refractivity contribution >= 4 is 16.9 Å². The van der Waals surface area contributed by atoms with E-state index in [0.29, 0.717) is 24.4 Å². The minimum absolute atomic E-state index is 0.0712. The number of fused-ring (bicyclic) bond motifs is 1. The molecule has 0 saturated carbocycles. The molecular weight excluding hydrogens is 444 g/mol. The van der Waals surface area contributed by atoms with Crippen molar-refractivity contribution in [1.29, 1.82) is 0 Å². The van der Waals surface area contributed by atoms with E-state index in [4.69, 9.17) is 14.2 Å². The van der Waals surface area contributed by atoms with Crippen LogP contribution in [0.4, 0.5) is 0 Å². The van der Waals surface area contributed by atoms with E-state index in [1.54, 1.807) is 31.4 Å². The maximum atomic E-state index is 11.7. The fourth-order valence-corrected chi connectivity index (χ4v) is 4.10. The molecule has 3 N–H and O–H groups in total. The van der Waals surface area contributed by atoms with E-state index in [-0.39, 0.29) is 12.5 Å². The van der Waals surface area contributed by atoms with E-state index in [0.717, 1.165) is 16.8 Å². The predicted octanol–water partition coefficient (Wildman–Crippen LogP) is 4.12. The largest absolute Gasteiger partial charge is 0.497 e. The van der Waals surface area contributed by atoms with E-state index in [9.17, 15) is 9.90 Å². The molecule has 0 fully saturated rings. The summed E-state index contributed by atoms with van der Waals surface area (Å²) in [5, 5.41) is 15.0. The summed E-state index contributed by atoms with van der Waals surface area (Å²) >= 11 is 0. The third kappa shape index (κ3) is 6.01. The SMILES string of the molecule is COC(=O)c1cccc(OCC(O)CNCC(c2ccc(OC)cc2)c2c[nH]c3ccccc23)c1. The van der Waals surface area contributed by atoms with Gasteiger partial charge in [0.25, 0.3) is 0 Å². The average molecular weight is 475 g/mol. The number of hydrogen-bond donors (Lipinski definition) is 3. The lowest BCUT2D eigenvalue weighted by atomic mass is 9.90. The molecule has 2 unspecified atom stereocenters. The fraction of sp³-hybridized carbons (Fsp3) is 0.250. The number of aromatic amines is 1. The monoisotopic (exact) mass is 474 g/mol. The Hall–Kier alpha value is -3.81. The number of hydrogen-bond acceptors (Lipinski definition) is 6. The van der Waals surface area contributed by atoms with E-state index in [2.05, 4.69) is 40.8 Å². The van der Waals surface area contributed by atoms with Crippen molar-refractivity contribution in [3.05, 3.63) is 95.7 Å². The smallest absolute Gasteiger partial charge is 0.337 e. The van der Waals surface area contributed by atoms with Crippen LogP contribution in [0.25, 0.3) is 10.9 Å². The molecule has 0 aliphatic heterocycles. The Morgan fingerprint density at radius 2 is 1.77 bits per heavy atom. The van der Waals surface area contributed by atoms with Crippen molar-refractivity contribution in [3.8, 4) is 11.5 Å². The Morgan fingerprint density at radius 1 is 0.971 bits per heavy atom. The van der Waals surface area contributed by atoms with Crippen molar-refractivity contribution < 1.29 is 24.1 Å². The van der Waals surface area contributed by atoms with Crippen LogP contribution in [-0.2, 0) is 4.74 Å². The van der Waals surface area contributed by atoms with Gasteiger partial charge in [-0.15, -0.1) is 0 Å². The predicted molar refractivity (Wildman–Crippen MR) is 135 cm³/mol. The highest BCUT2D eigenvalue weighted by Crippen LogP contribution is 2.31. The second-order valence-corrected chi connectivity index (χ2v) is 8.26. The molecule has 35 heavy (non-hydrogen) atoms. The maximum absolute atomic E-state index is 11.7. The second kappa shape index (κ2) is 11.6. The quantitative estimate of drug-likeness (QED) is 0.283. The standard InChI is InChI=1S/C28H30N2O5/c1-33-22-12-10-19(11-13-22)25(26-17-30-27-9-4-3-8-24(26)27)16-29-15-21(31)18-35-23-7-5-6-20(14-23)28(32)34-2/h3-14,17,21,25,29-31H,15-16,18H2,1-2H3. The van der Waals surface area contributed by atoms with Crippen LogP contribution < -0.4 is 14.8 Å². The van der Waals surface area contributed by atoms with Gasteiger partial charge in [0, 0.05) is 36.1 Å². The number of para-hydroxylation sites is 1. The van der Waals surface area contributed by atoms with Gasteiger partial charge in [0.15, 0.2) is 0 Å². The Bertz CT molecular complexity index is 1250. The average Bonchev–Trinajstić information content (AvgIpc) is 3.33. The number of aliphatic hydroxyl groups is 1. The lowest BCUT2D eigenvalue weighted by Gasteiger charge is -2.20. The molecule has 4 rings (SSSR count). The summed E-state index contributed by atoms with van der Waals surface area (Å²) in [5.41, 5.74) is 3.82. The summed E-state index contributed by atoms with van der Waals surface area (Å²) in [6.45, 7) is 1.08. The van der Waals surface area contributed by atoms with Crippen molar-refractivity contribution in [2.45, 2.75) is 12.0 Å². The van der Waals surface area contributed by atoms with Gasteiger partial charge < -0.3 is 29.6 Å². The van der Waals surface area contributed by atoms with Gasteiger partial charge in [-0.25, -0.2) is 4.79 Å². The minimum Gasteiger partial charge on any atom is -0.497 e. The summed E-state index contributed by atoms with van der Waals surface area (Å²) < 4.78 is 15.7. The molecule has 1 heterocycles. The Morgan fingerprint density at radius 3 is 2.54 bits per heavy atom. The molecule has 3 aromatic carbocycles. The van der Waals surface area contributed by atoms with Crippen molar-refractivity contribution in [1.82, 2.24) is 10.3 Å². The number of H-pyrrole nitrogens is 1. The molecule has 1 aromatic heterocycles.